The zero-order chi connectivity index (χ0) is 15.0. The first kappa shape index (κ1) is 16.9. The highest BCUT2D eigenvalue weighted by atomic mass is 32.2. The van der Waals surface area contributed by atoms with Gasteiger partial charge in [0.2, 0.25) is 0 Å². The van der Waals surface area contributed by atoms with Gasteiger partial charge in [-0.25, -0.2) is 8.42 Å². The molecule has 0 fully saturated rings. The van der Waals surface area contributed by atoms with Crippen molar-refractivity contribution in [2.24, 2.45) is 0 Å². The molecule has 1 aromatic rings. The molecule has 6 heteroatoms. The Labute approximate surface area is 121 Å². The van der Waals surface area contributed by atoms with Gasteiger partial charge in [0, 0.05) is 18.7 Å². The van der Waals surface area contributed by atoms with Crippen molar-refractivity contribution in [1.29, 1.82) is 0 Å². The second-order valence-electron chi connectivity index (χ2n) is 4.42. The molecule has 1 rings (SSSR count). The average molecular weight is 301 g/mol. The largest absolute Gasteiger partial charge is 0.494 e. The number of benzene rings is 1. The van der Waals surface area contributed by atoms with Gasteiger partial charge in [0.25, 0.3) is 0 Å². The summed E-state index contributed by atoms with van der Waals surface area (Å²) in [5.41, 5.74) is 0.859. The van der Waals surface area contributed by atoms with Crippen molar-refractivity contribution >= 4 is 9.84 Å². The highest BCUT2D eigenvalue weighted by molar-refractivity contribution is 7.91. The highest BCUT2D eigenvalue weighted by Crippen LogP contribution is 2.26. The Bertz CT molecular complexity index is 502. The predicted octanol–water partition coefficient (Wildman–Crippen LogP) is 1.41. The minimum absolute atomic E-state index is 0.0247. The van der Waals surface area contributed by atoms with Crippen molar-refractivity contribution in [2.75, 3.05) is 38.9 Å². The quantitative estimate of drug-likeness (QED) is 0.747. The van der Waals surface area contributed by atoms with Crippen LogP contribution >= 0.6 is 0 Å². The first-order valence-corrected chi connectivity index (χ1v) is 8.44. The Morgan fingerprint density at radius 3 is 2.60 bits per heavy atom. The lowest BCUT2D eigenvalue weighted by atomic mass is 10.1. The third-order valence-electron chi connectivity index (χ3n) is 2.96. The summed E-state index contributed by atoms with van der Waals surface area (Å²) >= 11 is 0. The molecule has 1 atom stereocenters. The van der Waals surface area contributed by atoms with E-state index in [1.165, 1.54) is 7.11 Å². The van der Waals surface area contributed by atoms with E-state index in [2.05, 4.69) is 5.32 Å². The van der Waals surface area contributed by atoms with Gasteiger partial charge in [-0.1, -0.05) is 18.2 Å². The molecule has 1 aromatic carbocycles. The Balaban J connectivity index is 2.91. The second kappa shape index (κ2) is 8.24. The zero-order valence-corrected chi connectivity index (χ0v) is 13.1. The van der Waals surface area contributed by atoms with Crippen LogP contribution in [-0.2, 0) is 14.6 Å². The van der Waals surface area contributed by atoms with E-state index in [1.807, 2.05) is 31.2 Å². The summed E-state index contributed by atoms with van der Waals surface area (Å²) < 4.78 is 34.5. The van der Waals surface area contributed by atoms with Gasteiger partial charge >= 0.3 is 0 Å². The summed E-state index contributed by atoms with van der Waals surface area (Å²) in [6.45, 7) is 2.66. The molecule has 0 spiro atoms. The molecule has 20 heavy (non-hydrogen) atoms. The molecule has 5 nitrogen and oxygen atoms in total. The summed E-state index contributed by atoms with van der Waals surface area (Å²) in [6.07, 6.45) is 0. The molecule has 0 heterocycles. The Morgan fingerprint density at radius 1 is 1.30 bits per heavy atom. The fourth-order valence-electron chi connectivity index (χ4n) is 1.93. The van der Waals surface area contributed by atoms with E-state index >= 15 is 0 Å². The normalized spacial score (nSPS) is 13.2. The Hall–Kier alpha value is -1.11. The summed E-state index contributed by atoms with van der Waals surface area (Å²) in [6, 6.07) is 7.20. The number of nitrogens with one attached hydrogen (secondary N) is 1. The maximum absolute atomic E-state index is 12.0. The maximum Gasteiger partial charge on any atom is 0.154 e. The van der Waals surface area contributed by atoms with Gasteiger partial charge in [-0.2, -0.15) is 0 Å². The van der Waals surface area contributed by atoms with Crippen LogP contribution in [0.15, 0.2) is 24.3 Å². The standard InChI is InChI=1S/C14H23NO4S/c1-4-19-14-8-6-5-7-12(14)13(15-2)11-20(16,17)10-9-18-3/h5-8,13,15H,4,9-11H2,1-3H3. The van der Waals surface area contributed by atoms with Gasteiger partial charge in [-0.15, -0.1) is 0 Å². The molecule has 0 radical (unpaired) electrons. The number of methoxy groups -OCH3 is 1. The van der Waals surface area contributed by atoms with Crippen molar-refractivity contribution in [2.45, 2.75) is 13.0 Å². The SMILES string of the molecule is CCOc1ccccc1C(CS(=O)(=O)CCOC)NC. The Morgan fingerprint density at radius 2 is 2.00 bits per heavy atom. The van der Waals surface area contributed by atoms with Crippen LogP contribution in [0.2, 0.25) is 0 Å². The smallest absolute Gasteiger partial charge is 0.154 e. The molecule has 0 amide bonds. The molecule has 0 aromatic heterocycles. The molecular formula is C14H23NO4S. The lowest BCUT2D eigenvalue weighted by Gasteiger charge is -2.20. The van der Waals surface area contributed by atoms with Crippen molar-refractivity contribution in [3.05, 3.63) is 29.8 Å². The van der Waals surface area contributed by atoms with Gasteiger partial charge in [-0.3, -0.25) is 0 Å². The molecule has 0 bridgehead atoms. The zero-order valence-electron chi connectivity index (χ0n) is 12.3. The minimum atomic E-state index is -3.18. The van der Waals surface area contributed by atoms with Crippen LogP contribution in [0.4, 0.5) is 0 Å². The van der Waals surface area contributed by atoms with Crippen LogP contribution in [0.25, 0.3) is 0 Å². The molecule has 1 N–H and O–H groups in total. The fourth-order valence-corrected chi connectivity index (χ4v) is 3.37. The molecule has 0 saturated heterocycles. The second-order valence-corrected chi connectivity index (χ2v) is 6.65. The summed E-state index contributed by atoms with van der Waals surface area (Å²) in [5, 5.41) is 3.05. The van der Waals surface area contributed by atoms with Gasteiger partial charge in [0.1, 0.15) is 5.75 Å². The number of sulfone groups is 1. The number of hydrogen-bond acceptors (Lipinski definition) is 5. The summed E-state index contributed by atoms with van der Waals surface area (Å²) in [5.74, 6) is 0.770. The van der Waals surface area contributed by atoms with Gasteiger partial charge in [0.05, 0.1) is 24.7 Å². The van der Waals surface area contributed by atoms with Crippen molar-refractivity contribution < 1.29 is 17.9 Å². The minimum Gasteiger partial charge on any atom is -0.494 e. The van der Waals surface area contributed by atoms with Crippen LogP contribution in [0, 0.1) is 0 Å². The third kappa shape index (κ3) is 5.11. The van der Waals surface area contributed by atoms with Crippen molar-refractivity contribution in [1.82, 2.24) is 5.32 Å². The first-order chi connectivity index (χ1) is 9.54. The molecule has 114 valence electrons. The van der Waals surface area contributed by atoms with E-state index in [0.29, 0.717) is 6.61 Å². The molecule has 0 aliphatic carbocycles. The first-order valence-electron chi connectivity index (χ1n) is 6.62. The van der Waals surface area contributed by atoms with Crippen LogP contribution in [-0.4, -0.2) is 47.3 Å². The monoisotopic (exact) mass is 301 g/mol. The van der Waals surface area contributed by atoms with Crippen molar-refractivity contribution in [3.8, 4) is 5.75 Å². The van der Waals surface area contributed by atoms with Gasteiger partial charge < -0.3 is 14.8 Å². The van der Waals surface area contributed by atoms with Crippen LogP contribution in [0.3, 0.4) is 0 Å². The van der Waals surface area contributed by atoms with E-state index < -0.39 is 9.84 Å². The van der Waals surface area contributed by atoms with E-state index in [0.717, 1.165) is 11.3 Å². The maximum atomic E-state index is 12.0. The number of hydrogen-bond donors (Lipinski definition) is 1. The van der Waals surface area contributed by atoms with E-state index in [9.17, 15) is 8.42 Å². The molecule has 0 saturated carbocycles. The lowest BCUT2D eigenvalue weighted by Crippen LogP contribution is -2.28. The van der Waals surface area contributed by atoms with E-state index in [-0.39, 0.29) is 24.2 Å². The van der Waals surface area contributed by atoms with Gasteiger partial charge in [0.15, 0.2) is 9.84 Å². The third-order valence-corrected chi connectivity index (χ3v) is 4.59. The predicted molar refractivity (Wildman–Crippen MR) is 79.9 cm³/mol. The number of rotatable bonds is 9. The van der Waals surface area contributed by atoms with Crippen molar-refractivity contribution in [3.63, 3.8) is 0 Å². The fraction of sp³-hybridized carbons (Fsp3) is 0.571. The average Bonchev–Trinajstić information content (AvgIpc) is 2.44. The topological polar surface area (TPSA) is 64.6 Å². The Kier molecular flexibility index (Phi) is 6.98. The summed E-state index contributed by atoms with van der Waals surface area (Å²) in [7, 11) is 0.0668. The molecule has 0 aliphatic rings. The van der Waals surface area contributed by atoms with Crippen LogP contribution in [0.1, 0.15) is 18.5 Å². The number of para-hydroxylation sites is 1. The van der Waals surface area contributed by atoms with Crippen LogP contribution < -0.4 is 10.1 Å². The summed E-state index contributed by atoms with van der Waals surface area (Å²) in [4.78, 5) is 0. The van der Waals surface area contributed by atoms with E-state index in [1.54, 1.807) is 7.05 Å². The highest BCUT2D eigenvalue weighted by Gasteiger charge is 2.21. The lowest BCUT2D eigenvalue weighted by molar-refractivity contribution is 0.217. The molecule has 1 unspecified atom stereocenters. The van der Waals surface area contributed by atoms with Crippen LogP contribution in [0.5, 0.6) is 5.75 Å². The van der Waals surface area contributed by atoms with Gasteiger partial charge in [-0.05, 0) is 20.0 Å². The number of ether oxygens (including phenoxy) is 2. The molecule has 0 aliphatic heterocycles. The van der Waals surface area contributed by atoms with E-state index in [4.69, 9.17) is 9.47 Å². The molecular weight excluding hydrogens is 278 g/mol.